The van der Waals surface area contributed by atoms with Gasteiger partial charge in [-0.1, -0.05) is 17.2 Å². The van der Waals surface area contributed by atoms with Crippen LogP contribution in [0.2, 0.25) is 0 Å². The third-order valence-corrected chi connectivity index (χ3v) is 7.38. The number of methoxy groups -OCH3 is 1. The first-order valence-electron chi connectivity index (χ1n) is 11.5. The van der Waals surface area contributed by atoms with Gasteiger partial charge in [0.05, 0.1) is 12.0 Å². The Morgan fingerprint density at radius 2 is 1.72 bits per heavy atom. The van der Waals surface area contributed by atoms with Crippen LogP contribution in [-0.2, 0) is 22.9 Å². The van der Waals surface area contributed by atoms with Gasteiger partial charge in [-0.3, -0.25) is 14.8 Å². The highest BCUT2D eigenvalue weighted by atomic mass is 32.2. The smallest absolute Gasteiger partial charge is 0.322 e. The van der Waals surface area contributed by atoms with Gasteiger partial charge in [-0.15, -0.1) is 5.10 Å². The molecule has 3 aromatic carbocycles. The summed E-state index contributed by atoms with van der Waals surface area (Å²) < 4.78 is 38.6. The van der Waals surface area contributed by atoms with Crippen LogP contribution in [-0.4, -0.2) is 31.6 Å². The predicted molar refractivity (Wildman–Crippen MR) is 135 cm³/mol. The summed E-state index contributed by atoms with van der Waals surface area (Å²) in [6.45, 7) is 0. The number of ether oxygens (including phenoxy) is 1. The fraction of sp³-hybridized carbons (Fsp3) is 0.192. The number of aromatic nitrogens is 2. The van der Waals surface area contributed by atoms with Gasteiger partial charge in [-0.2, -0.15) is 0 Å². The molecule has 184 valence electrons. The number of aryl methyl sites for hydroxylation is 2. The van der Waals surface area contributed by atoms with Gasteiger partial charge in [0.15, 0.2) is 0 Å². The molecule has 1 heterocycles. The second-order valence-corrected chi connectivity index (χ2v) is 10.1. The minimum atomic E-state index is -3.85. The molecule has 2 N–H and O–H groups in total. The van der Waals surface area contributed by atoms with Crippen LogP contribution in [0.25, 0.3) is 11.5 Å². The molecule has 1 amide bonds. The van der Waals surface area contributed by atoms with Crippen LogP contribution in [0.3, 0.4) is 0 Å². The third-order valence-electron chi connectivity index (χ3n) is 5.99. The van der Waals surface area contributed by atoms with Crippen molar-refractivity contribution in [1.82, 2.24) is 10.2 Å². The van der Waals surface area contributed by atoms with Gasteiger partial charge < -0.3 is 9.15 Å². The number of hydrogen-bond donors (Lipinski definition) is 2. The first kappa shape index (κ1) is 23.6. The summed E-state index contributed by atoms with van der Waals surface area (Å²) in [5.41, 5.74) is 3.90. The van der Waals surface area contributed by atoms with Crippen molar-refractivity contribution < 1.29 is 22.4 Å². The predicted octanol–water partition coefficient (Wildman–Crippen LogP) is 4.68. The van der Waals surface area contributed by atoms with E-state index in [4.69, 9.17) is 9.15 Å². The lowest BCUT2D eigenvalue weighted by molar-refractivity contribution is 0.102. The van der Waals surface area contributed by atoms with Crippen LogP contribution in [0.4, 0.5) is 11.7 Å². The molecule has 1 aromatic heterocycles. The second kappa shape index (κ2) is 9.82. The minimum absolute atomic E-state index is 0.0445. The summed E-state index contributed by atoms with van der Waals surface area (Å²) in [6.07, 6.45) is 4.47. The van der Waals surface area contributed by atoms with Gasteiger partial charge in [0, 0.05) is 16.8 Å². The van der Waals surface area contributed by atoms with E-state index in [0.717, 1.165) is 24.8 Å². The molecule has 0 saturated carbocycles. The molecule has 0 radical (unpaired) electrons. The number of carbonyl (C=O) groups excluding carboxylic acids is 1. The van der Waals surface area contributed by atoms with Crippen LogP contribution >= 0.6 is 0 Å². The van der Waals surface area contributed by atoms with Crippen molar-refractivity contribution in [2.45, 2.75) is 30.6 Å². The van der Waals surface area contributed by atoms with Gasteiger partial charge in [-0.25, -0.2) is 8.42 Å². The lowest BCUT2D eigenvalue weighted by Crippen LogP contribution is -2.15. The highest BCUT2D eigenvalue weighted by Gasteiger charge is 2.18. The Morgan fingerprint density at radius 1 is 0.944 bits per heavy atom. The molecule has 0 aliphatic heterocycles. The number of carbonyl (C=O) groups is 1. The highest BCUT2D eigenvalue weighted by molar-refractivity contribution is 7.92. The molecule has 9 nitrogen and oxygen atoms in total. The van der Waals surface area contributed by atoms with Crippen molar-refractivity contribution >= 4 is 27.6 Å². The number of benzene rings is 3. The number of nitrogens with zero attached hydrogens (tertiary/aromatic N) is 2. The van der Waals surface area contributed by atoms with Gasteiger partial charge in [0.25, 0.3) is 15.9 Å². The first-order chi connectivity index (χ1) is 17.4. The Morgan fingerprint density at radius 3 is 2.50 bits per heavy atom. The molecule has 0 bridgehead atoms. The standard InChI is InChI=1S/C26H24N4O5S/c1-34-22-11-13-23(14-12-22)36(32,33)30-21-8-4-7-19(16-21)24(31)27-26-29-28-25(35-26)20-10-9-17-5-2-3-6-18(17)15-20/h4,7-16,30H,2-3,5-6H2,1H3,(H,27,29,31). The molecule has 36 heavy (non-hydrogen) atoms. The van der Waals surface area contributed by atoms with Crippen molar-refractivity contribution in [3.8, 4) is 17.2 Å². The zero-order valence-electron chi connectivity index (χ0n) is 19.5. The molecule has 1 aliphatic rings. The van der Waals surface area contributed by atoms with Crippen molar-refractivity contribution in [3.63, 3.8) is 0 Å². The molecule has 0 spiro atoms. The molecule has 0 unspecified atom stereocenters. The number of rotatable bonds is 7. The normalized spacial score (nSPS) is 13.0. The van der Waals surface area contributed by atoms with Crippen LogP contribution in [0, 0.1) is 0 Å². The summed E-state index contributed by atoms with van der Waals surface area (Å²) in [6, 6.07) is 18.2. The zero-order valence-corrected chi connectivity index (χ0v) is 20.3. The summed E-state index contributed by atoms with van der Waals surface area (Å²) in [5, 5.41) is 10.6. The number of hydrogen-bond acceptors (Lipinski definition) is 7. The van der Waals surface area contributed by atoms with Crippen molar-refractivity contribution in [2.24, 2.45) is 0 Å². The minimum Gasteiger partial charge on any atom is -0.497 e. The Bertz CT molecular complexity index is 1510. The van der Waals surface area contributed by atoms with Gasteiger partial charge in [0.1, 0.15) is 5.75 Å². The van der Waals surface area contributed by atoms with Gasteiger partial charge in [0.2, 0.25) is 5.89 Å². The van der Waals surface area contributed by atoms with E-state index >= 15 is 0 Å². The maximum atomic E-state index is 12.8. The summed E-state index contributed by atoms with van der Waals surface area (Å²) in [7, 11) is -2.35. The fourth-order valence-electron chi connectivity index (χ4n) is 4.12. The molecule has 5 rings (SSSR count). The van der Waals surface area contributed by atoms with E-state index in [1.165, 1.54) is 42.9 Å². The summed E-state index contributed by atoms with van der Waals surface area (Å²) >= 11 is 0. The maximum absolute atomic E-state index is 12.8. The topological polar surface area (TPSA) is 123 Å². The van der Waals surface area contributed by atoms with E-state index in [2.05, 4.69) is 32.4 Å². The summed E-state index contributed by atoms with van der Waals surface area (Å²) in [5.74, 6) is 0.351. The molecule has 4 aromatic rings. The second-order valence-electron chi connectivity index (χ2n) is 8.42. The summed E-state index contributed by atoms with van der Waals surface area (Å²) in [4.78, 5) is 12.8. The number of fused-ring (bicyclic) bond motifs is 1. The molecule has 0 saturated heterocycles. The lowest BCUT2D eigenvalue weighted by atomic mass is 9.90. The number of amides is 1. The average molecular weight is 505 g/mol. The SMILES string of the molecule is COc1ccc(S(=O)(=O)Nc2cccc(C(=O)Nc3nnc(-c4ccc5c(c4)CCCC5)o3)c2)cc1. The average Bonchev–Trinajstić information content (AvgIpc) is 3.37. The first-order valence-corrected chi connectivity index (χ1v) is 12.9. The number of anilines is 2. The molecule has 1 aliphatic carbocycles. The zero-order chi connectivity index (χ0) is 25.1. The van der Waals surface area contributed by atoms with Crippen molar-refractivity contribution in [2.75, 3.05) is 17.1 Å². The molecule has 0 fully saturated rings. The van der Waals surface area contributed by atoms with E-state index in [1.807, 2.05) is 6.07 Å². The number of sulfonamides is 1. The molecular weight excluding hydrogens is 480 g/mol. The van der Waals surface area contributed by atoms with Gasteiger partial charge in [-0.05, 0) is 91.4 Å². The van der Waals surface area contributed by atoms with Crippen LogP contribution in [0.1, 0.15) is 34.3 Å². The Labute approximate surface area is 208 Å². The van der Waals surface area contributed by atoms with E-state index < -0.39 is 15.9 Å². The number of nitrogens with one attached hydrogen (secondary N) is 2. The van der Waals surface area contributed by atoms with Crippen molar-refractivity contribution in [3.05, 3.63) is 83.4 Å². The highest BCUT2D eigenvalue weighted by Crippen LogP contribution is 2.28. The third kappa shape index (κ3) is 5.08. The van der Waals surface area contributed by atoms with Gasteiger partial charge >= 0.3 is 6.01 Å². The molecule has 0 atom stereocenters. The Balaban J connectivity index is 1.28. The Kier molecular flexibility index (Phi) is 6.43. The molecular formula is C26H24N4O5S. The monoisotopic (exact) mass is 504 g/mol. The maximum Gasteiger partial charge on any atom is 0.322 e. The van der Waals surface area contributed by atoms with Crippen molar-refractivity contribution in [1.29, 1.82) is 0 Å². The Hall–Kier alpha value is -4.18. The molecule has 10 heteroatoms. The fourth-order valence-corrected chi connectivity index (χ4v) is 5.17. The van der Waals surface area contributed by atoms with E-state index in [1.54, 1.807) is 30.3 Å². The van der Waals surface area contributed by atoms with E-state index in [9.17, 15) is 13.2 Å². The van der Waals surface area contributed by atoms with Crippen LogP contribution in [0.5, 0.6) is 5.75 Å². The lowest BCUT2D eigenvalue weighted by Gasteiger charge is -2.15. The van der Waals surface area contributed by atoms with Crippen LogP contribution < -0.4 is 14.8 Å². The largest absolute Gasteiger partial charge is 0.497 e. The van der Waals surface area contributed by atoms with E-state index in [-0.39, 0.29) is 22.2 Å². The van der Waals surface area contributed by atoms with Crippen LogP contribution in [0.15, 0.2) is 76.0 Å². The van der Waals surface area contributed by atoms with E-state index in [0.29, 0.717) is 11.6 Å². The quantitative estimate of drug-likeness (QED) is 0.375.